The average Bonchev–Trinajstić information content (AvgIpc) is 2.96. The summed E-state index contributed by atoms with van der Waals surface area (Å²) in [6, 6.07) is 0. The molecule has 0 aromatic heterocycles. The van der Waals surface area contributed by atoms with Crippen LogP contribution >= 0.6 is 0 Å². The molecule has 0 heteroatoms. The molecular weight excluding hydrogens is 709 g/mol. The maximum atomic E-state index is 3.05. The van der Waals surface area contributed by atoms with E-state index in [-0.39, 0.29) is 21.7 Å². The number of hydrogen-bond donors (Lipinski definition) is 0. The second-order valence-corrected chi connectivity index (χ2v) is 27.1. The van der Waals surface area contributed by atoms with Crippen LogP contribution in [0, 0.1) is 152 Å². The van der Waals surface area contributed by atoms with Gasteiger partial charge >= 0.3 is 0 Å². The molecule has 0 aliphatic carbocycles. The van der Waals surface area contributed by atoms with E-state index < -0.39 is 0 Å². The van der Waals surface area contributed by atoms with Crippen molar-refractivity contribution < 1.29 is 0 Å². The van der Waals surface area contributed by atoms with E-state index >= 15 is 0 Å². The summed E-state index contributed by atoms with van der Waals surface area (Å²) < 4.78 is 0. The Morgan fingerprint density at radius 1 is 0.220 bits per heavy atom. The molecule has 1 unspecified atom stereocenters. The molecule has 0 heterocycles. The second kappa shape index (κ2) is 22.8. The Kier molecular flexibility index (Phi) is 22.8. The smallest absolute Gasteiger partial charge is 0.0107 e. The van der Waals surface area contributed by atoms with Crippen molar-refractivity contribution in [3.63, 3.8) is 0 Å². The van der Waals surface area contributed by atoms with Crippen molar-refractivity contribution in [2.75, 3.05) is 0 Å². The lowest BCUT2D eigenvalue weighted by Gasteiger charge is -2.81. The van der Waals surface area contributed by atoms with Gasteiger partial charge in [-0.05, 0) is 158 Å². The fourth-order valence-electron chi connectivity index (χ4n) is 20.0. The van der Waals surface area contributed by atoms with E-state index in [9.17, 15) is 0 Å². The molecule has 0 saturated heterocycles. The monoisotopic (exact) mass is 829 g/mol. The van der Waals surface area contributed by atoms with Crippen LogP contribution in [0.1, 0.15) is 228 Å². The molecule has 0 fully saturated rings. The highest BCUT2D eigenvalue weighted by Gasteiger charge is 2.79. The van der Waals surface area contributed by atoms with Crippen molar-refractivity contribution >= 4 is 0 Å². The summed E-state index contributed by atoms with van der Waals surface area (Å²) in [7, 11) is 0. The van der Waals surface area contributed by atoms with Gasteiger partial charge in [-0.1, -0.05) is 222 Å². The molecular formula is C59H120. The van der Waals surface area contributed by atoms with Gasteiger partial charge in [0.15, 0.2) is 0 Å². The summed E-state index contributed by atoms with van der Waals surface area (Å²) >= 11 is 0. The number of hydrogen-bond acceptors (Lipinski definition) is 0. The molecule has 0 N–H and O–H groups in total. The van der Waals surface area contributed by atoms with E-state index in [1.54, 1.807) is 0 Å². The van der Waals surface area contributed by atoms with Crippen LogP contribution in [0.15, 0.2) is 0 Å². The van der Waals surface area contributed by atoms with Crippen molar-refractivity contribution in [2.45, 2.75) is 228 Å². The van der Waals surface area contributed by atoms with Gasteiger partial charge in [-0.15, -0.1) is 0 Å². The van der Waals surface area contributed by atoms with Crippen LogP contribution in [0.2, 0.25) is 0 Å². The van der Waals surface area contributed by atoms with Crippen LogP contribution in [0.5, 0.6) is 0 Å². The minimum Gasteiger partial charge on any atom is -0.0628 e. The Labute approximate surface area is 378 Å². The Hall–Kier alpha value is 0. The molecule has 0 aliphatic rings. The summed E-state index contributed by atoms with van der Waals surface area (Å²) in [5.74, 6) is 12.2. The fraction of sp³-hybridized carbons (Fsp3) is 1.00. The Balaban J connectivity index is 11.8. The third-order valence-corrected chi connectivity index (χ3v) is 17.8. The van der Waals surface area contributed by atoms with Crippen molar-refractivity contribution in [2.24, 2.45) is 152 Å². The molecule has 1 atom stereocenters. The first kappa shape index (κ1) is 59.0. The minimum atomic E-state index is -0.0363. The van der Waals surface area contributed by atoms with Gasteiger partial charge in [-0.2, -0.15) is 0 Å². The summed E-state index contributed by atoms with van der Waals surface area (Å²) in [6.45, 7) is 86.4. The maximum Gasteiger partial charge on any atom is -0.0107 e. The highest BCUT2D eigenvalue weighted by atomic mass is 14.8. The third-order valence-electron chi connectivity index (χ3n) is 17.8. The normalized spacial score (nSPS) is 16.0. The van der Waals surface area contributed by atoms with E-state index in [1.807, 2.05) is 0 Å². The van der Waals surface area contributed by atoms with Crippen LogP contribution in [-0.2, 0) is 0 Å². The van der Waals surface area contributed by atoms with Gasteiger partial charge in [0, 0.05) is 0 Å². The topological polar surface area (TPSA) is 0 Å². The van der Waals surface area contributed by atoms with Crippen molar-refractivity contribution in [3.05, 3.63) is 0 Å². The minimum absolute atomic E-state index is 0.00524. The summed E-state index contributed by atoms with van der Waals surface area (Å²) in [5.41, 5.74) is -0.0355. The zero-order chi connectivity index (χ0) is 47.4. The van der Waals surface area contributed by atoms with Gasteiger partial charge in [0.1, 0.15) is 0 Å². The van der Waals surface area contributed by atoms with Gasteiger partial charge in [-0.25, -0.2) is 0 Å². The van der Waals surface area contributed by atoms with Gasteiger partial charge in [0.05, 0.1) is 0 Å². The molecule has 0 aromatic carbocycles. The van der Waals surface area contributed by atoms with E-state index in [0.717, 1.165) is 0 Å². The summed E-state index contributed by atoms with van der Waals surface area (Å²) in [6.07, 6.45) is 1.30. The molecule has 0 nitrogen and oxygen atoms in total. The zero-order valence-corrected chi connectivity index (χ0v) is 47.4. The fourth-order valence-corrected chi connectivity index (χ4v) is 20.0. The lowest BCUT2D eigenvalue weighted by atomic mass is 9.22. The highest BCUT2D eigenvalue weighted by Crippen LogP contribution is 2.83. The molecule has 0 amide bonds. The largest absolute Gasteiger partial charge is 0.0628 e. The first-order chi connectivity index (χ1) is 26.5. The molecule has 0 radical (unpaired) electrons. The molecule has 0 rings (SSSR count). The van der Waals surface area contributed by atoms with E-state index in [4.69, 9.17) is 0 Å². The molecule has 356 valence electrons. The van der Waals surface area contributed by atoms with E-state index in [2.05, 4.69) is 222 Å². The van der Waals surface area contributed by atoms with Gasteiger partial charge in [0.2, 0.25) is 0 Å². The molecule has 59 heavy (non-hydrogen) atoms. The van der Waals surface area contributed by atoms with Crippen LogP contribution in [0.4, 0.5) is 0 Å². The average molecular weight is 830 g/mol. The van der Waals surface area contributed by atoms with Gasteiger partial charge in [0.25, 0.3) is 0 Å². The summed E-state index contributed by atoms with van der Waals surface area (Å²) in [5, 5.41) is 0. The van der Waals surface area contributed by atoms with E-state index in [0.29, 0.717) is 130 Å². The third kappa shape index (κ3) is 10.8. The maximum absolute atomic E-state index is 3.05. The van der Waals surface area contributed by atoms with Crippen LogP contribution in [0.25, 0.3) is 0 Å². The van der Waals surface area contributed by atoms with Crippen LogP contribution in [0.3, 0.4) is 0 Å². The Morgan fingerprint density at radius 3 is 0.542 bits per heavy atom. The molecule has 0 aromatic rings. The lowest BCUT2D eigenvalue weighted by Crippen LogP contribution is -2.78. The quantitative estimate of drug-likeness (QED) is 0.0815. The van der Waals surface area contributed by atoms with Crippen molar-refractivity contribution in [1.29, 1.82) is 0 Å². The molecule has 0 spiro atoms. The van der Waals surface area contributed by atoms with Crippen molar-refractivity contribution in [3.8, 4) is 0 Å². The van der Waals surface area contributed by atoms with Crippen LogP contribution < -0.4 is 0 Å². The molecule has 0 aliphatic heterocycles. The van der Waals surface area contributed by atoms with Crippen LogP contribution in [-0.4, -0.2) is 0 Å². The Morgan fingerprint density at radius 2 is 0.390 bits per heavy atom. The molecule has 0 saturated carbocycles. The lowest BCUT2D eigenvalue weighted by molar-refractivity contribution is -0.349. The SMILES string of the molecule is CC(C)CC(C(C(C)C)C(C)C)(C(C)(C(C(C)C)C(C)C)C(C(C)C)C(C)C)C(C(C(C)C)C(C)C)(C(C(C)C)C(C)C)C(C)(C(C(C)C)C(C)C)C(C(C)C)C(C)C. The number of rotatable bonds is 26. The summed E-state index contributed by atoms with van der Waals surface area (Å²) in [4.78, 5) is 0. The van der Waals surface area contributed by atoms with Gasteiger partial charge in [-0.3, -0.25) is 0 Å². The van der Waals surface area contributed by atoms with Gasteiger partial charge < -0.3 is 0 Å². The van der Waals surface area contributed by atoms with E-state index in [1.165, 1.54) is 6.42 Å². The zero-order valence-electron chi connectivity index (χ0n) is 47.4. The standard InChI is InChI=1S/C59H120/c1-34(2)33-58(53(43(19)20)44(21)22,56(31,49(35(3)4)36(5)6)50(37(7)8)38(9)10)59(54(45(23)24)46(25)26,55(47(27)28)48(29)30)57(32,51(39(11)12)40(13)14)52(41(15)16)42(17)18/h34-55H,33H2,1-32H3. The predicted octanol–water partition coefficient (Wildman–Crippen LogP) is 19.5. The first-order valence-corrected chi connectivity index (χ1v) is 26.5. The predicted molar refractivity (Wildman–Crippen MR) is 273 cm³/mol. The Bertz CT molecular complexity index is 1030. The van der Waals surface area contributed by atoms with Crippen molar-refractivity contribution in [1.82, 2.24) is 0 Å². The second-order valence-electron chi connectivity index (χ2n) is 27.1. The molecule has 0 bridgehead atoms. The highest BCUT2D eigenvalue weighted by molar-refractivity contribution is 5.26. The first-order valence-electron chi connectivity index (χ1n) is 26.5.